The fourth-order valence-electron chi connectivity index (χ4n) is 1.74. The Balaban J connectivity index is 1.83. The fraction of sp³-hybridized carbons (Fsp3) is 0. The van der Waals surface area contributed by atoms with Gasteiger partial charge >= 0.3 is 0 Å². The Labute approximate surface area is 125 Å². The zero-order valence-corrected chi connectivity index (χ0v) is 11.5. The molecule has 0 aromatic carbocycles. The zero-order chi connectivity index (χ0) is 14.7. The van der Waals surface area contributed by atoms with E-state index in [0.717, 1.165) is 11.3 Å². The van der Waals surface area contributed by atoms with Crippen LogP contribution in [0.25, 0.3) is 11.3 Å². The van der Waals surface area contributed by atoms with E-state index in [1.54, 1.807) is 18.5 Å². The van der Waals surface area contributed by atoms with Crippen LogP contribution in [-0.2, 0) is 0 Å². The Morgan fingerprint density at radius 1 is 1.05 bits per heavy atom. The van der Waals surface area contributed by atoms with Gasteiger partial charge in [-0.3, -0.25) is 4.98 Å². The van der Waals surface area contributed by atoms with Gasteiger partial charge in [0.05, 0.1) is 17.6 Å². The number of anilines is 2. The monoisotopic (exact) mass is 299 g/mol. The number of hydrogen-bond acceptors (Lipinski definition) is 6. The van der Waals surface area contributed by atoms with Crippen molar-refractivity contribution in [1.82, 2.24) is 20.2 Å². The average Bonchev–Trinajstić information content (AvgIpc) is 2.53. The molecule has 0 saturated heterocycles. The molecule has 0 aliphatic rings. The summed E-state index contributed by atoms with van der Waals surface area (Å²) in [5.41, 5.74) is 2.08. The van der Waals surface area contributed by atoms with Gasteiger partial charge in [0.1, 0.15) is 5.15 Å². The Hall–Kier alpha value is -2.73. The topological polar surface area (TPSA) is 83.8 Å². The van der Waals surface area contributed by atoms with E-state index < -0.39 is 0 Å². The molecule has 0 fully saturated rings. The van der Waals surface area contributed by atoms with Crippen LogP contribution in [0.3, 0.4) is 0 Å². The molecule has 3 aromatic heterocycles. The normalized spacial score (nSPS) is 10.3. The first kappa shape index (κ1) is 13.3. The molecule has 0 radical (unpaired) electrons. The summed E-state index contributed by atoms with van der Waals surface area (Å²) in [6.45, 7) is 0. The molecule has 0 spiro atoms. The van der Waals surface area contributed by atoms with Crippen molar-refractivity contribution in [2.45, 2.75) is 0 Å². The Bertz CT molecular complexity index is 749. The van der Waals surface area contributed by atoms with Crippen LogP contribution < -0.4 is 5.32 Å². The number of rotatable bonds is 3. The van der Waals surface area contributed by atoms with Crippen molar-refractivity contribution in [3.8, 4) is 17.0 Å². The minimum Gasteiger partial charge on any atom is -0.504 e. The van der Waals surface area contributed by atoms with Crippen LogP contribution in [0.15, 0.2) is 48.9 Å². The minimum absolute atomic E-state index is 0.0144. The molecule has 3 rings (SSSR count). The molecule has 0 saturated carbocycles. The summed E-state index contributed by atoms with van der Waals surface area (Å²) in [5.74, 6) is 0.477. The van der Waals surface area contributed by atoms with Crippen molar-refractivity contribution in [1.29, 1.82) is 0 Å². The molecule has 0 unspecified atom stereocenters. The highest BCUT2D eigenvalue weighted by Gasteiger charge is 2.05. The van der Waals surface area contributed by atoms with Crippen LogP contribution in [0.2, 0.25) is 5.15 Å². The van der Waals surface area contributed by atoms with E-state index in [2.05, 4.69) is 25.5 Å². The lowest BCUT2D eigenvalue weighted by atomic mass is 10.2. The molecule has 0 amide bonds. The summed E-state index contributed by atoms with van der Waals surface area (Å²) in [5, 5.41) is 21.1. The van der Waals surface area contributed by atoms with Crippen molar-refractivity contribution in [2.75, 3.05) is 5.32 Å². The third-order valence-corrected chi connectivity index (χ3v) is 2.96. The molecular weight excluding hydrogens is 290 g/mol. The Morgan fingerprint density at radius 2 is 1.86 bits per heavy atom. The SMILES string of the molecule is Oc1cnc(Cl)cc1Nc1ccc(-c2ccncc2)nn1. The molecule has 0 bridgehead atoms. The fourth-order valence-corrected chi connectivity index (χ4v) is 1.89. The number of nitrogens with zero attached hydrogens (tertiary/aromatic N) is 4. The second-order valence-corrected chi connectivity index (χ2v) is 4.58. The highest BCUT2D eigenvalue weighted by atomic mass is 35.5. The van der Waals surface area contributed by atoms with Crippen LogP contribution in [0, 0.1) is 0 Å². The second kappa shape index (κ2) is 5.72. The van der Waals surface area contributed by atoms with Gasteiger partial charge in [-0.25, -0.2) is 4.98 Å². The summed E-state index contributed by atoms with van der Waals surface area (Å²) in [7, 11) is 0. The van der Waals surface area contributed by atoms with Gasteiger partial charge < -0.3 is 10.4 Å². The van der Waals surface area contributed by atoms with Gasteiger partial charge in [-0.2, -0.15) is 0 Å². The number of aromatic hydroxyl groups is 1. The number of pyridine rings is 2. The van der Waals surface area contributed by atoms with Crippen LogP contribution in [0.4, 0.5) is 11.5 Å². The van der Waals surface area contributed by atoms with Gasteiger partial charge in [0.2, 0.25) is 0 Å². The van der Waals surface area contributed by atoms with E-state index in [-0.39, 0.29) is 10.9 Å². The maximum atomic E-state index is 9.69. The summed E-state index contributed by atoms with van der Waals surface area (Å²) in [6, 6.07) is 8.80. The second-order valence-electron chi connectivity index (χ2n) is 4.19. The number of halogens is 1. The molecule has 0 aliphatic carbocycles. The third kappa shape index (κ3) is 3.06. The number of hydrogen-bond donors (Lipinski definition) is 2. The first-order valence-corrected chi connectivity index (χ1v) is 6.46. The standard InChI is InChI=1S/C14H10ClN5O/c15-13-7-11(12(21)8-17-13)18-14-2-1-10(19-20-14)9-3-5-16-6-4-9/h1-8,21H,(H,17,18,20). The van der Waals surface area contributed by atoms with Gasteiger partial charge in [-0.05, 0) is 24.3 Å². The van der Waals surface area contributed by atoms with Gasteiger partial charge in [0.25, 0.3) is 0 Å². The summed E-state index contributed by atoms with van der Waals surface area (Å²) >= 11 is 5.78. The lowest BCUT2D eigenvalue weighted by Crippen LogP contribution is -1.97. The van der Waals surface area contributed by atoms with Crippen LogP contribution in [0.5, 0.6) is 5.75 Å². The van der Waals surface area contributed by atoms with E-state index in [9.17, 15) is 5.11 Å². The van der Waals surface area contributed by atoms with Crippen molar-refractivity contribution in [3.05, 3.63) is 54.1 Å². The lowest BCUT2D eigenvalue weighted by Gasteiger charge is -2.07. The van der Waals surface area contributed by atoms with E-state index in [1.807, 2.05) is 18.2 Å². The molecule has 3 heterocycles. The van der Waals surface area contributed by atoms with Crippen molar-refractivity contribution in [2.24, 2.45) is 0 Å². The highest BCUT2D eigenvalue weighted by molar-refractivity contribution is 6.29. The van der Waals surface area contributed by atoms with Crippen molar-refractivity contribution < 1.29 is 5.11 Å². The molecule has 0 aliphatic heterocycles. The molecule has 0 atom stereocenters. The minimum atomic E-state index is -0.0144. The maximum Gasteiger partial charge on any atom is 0.157 e. The van der Waals surface area contributed by atoms with Crippen molar-refractivity contribution >= 4 is 23.1 Å². The Kier molecular flexibility index (Phi) is 3.61. The summed E-state index contributed by atoms with van der Waals surface area (Å²) in [6.07, 6.45) is 4.66. The summed E-state index contributed by atoms with van der Waals surface area (Å²) < 4.78 is 0. The van der Waals surface area contributed by atoms with E-state index in [1.165, 1.54) is 12.3 Å². The van der Waals surface area contributed by atoms with Crippen LogP contribution in [-0.4, -0.2) is 25.3 Å². The smallest absolute Gasteiger partial charge is 0.157 e. The first-order chi connectivity index (χ1) is 10.2. The molecule has 2 N–H and O–H groups in total. The zero-order valence-electron chi connectivity index (χ0n) is 10.7. The molecular formula is C14H10ClN5O. The largest absolute Gasteiger partial charge is 0.504 e. The molecule has 6 nitrogen and oxygen atoms in total. The lowest BCUT2D eigenvalue weighted by molar-refractivity contribution is 0.475. The van der Waals surface area contributed by atoms with Gasteiger partial charge in [0.15, 0.2) is 11.6 Å². The maximum absolute atomic E-state index is 9.69. The number of aromatic nitrogens is 4. The summed E-state index contributed by atoms with van der Waals surface area (Å²) in [4.78, 5) is 7.72. The van der Waals surface area contributed by atoms with Crippen LogP contribution in [0.1, 0.15) is 0 Å². The van der Waals surface area contributed by atoms with E-state index >= 15 is 0 Å². The average molecular weight is 300 g/mol. The molecule has 3 aromatic rings. The highest BCUT2D eigenvalue weighted by Crippen LogP contribution is 2.27. The van der Waals surface area contributed by atoms with Gasteiger partial charge in [-0.15, -0.1) is 10.2 Å². The van der Waals surface area contributed by atoms with Crippen molar-refractivity contribution in [3.63, 3.8) is 0 Å². The quantitative estimate of drug-likeness (QED) is 0.723. The predicted octanol–water partition coefficient (Wildman–Crippen LogP) is 3.04. The van der Waals surface area contributed by atoms with Gasteiger partial charge in [0, 0.05) is 24.0 Å². The molecule has 104 valence electrons. The van der Waals surface area contributed by atoms with E-state index in [4.69, 9.17) is 11.6 Å². The predicted molar refractivity (Wildman–Crippen MR) is 79.5 cm³/mol. The first-order valence-electron chi connectivity index (χ1n) is 6.08. The molecule has 21 heavy (non-hydrogen) atoms. The third-order valence-electron chi connectivity index (χ3n) is 2.75. The molecule has 7 heteroatoms. The Morgan fingerprint density at radius 3 is 2.57 bits per heavy atom. The number of nitrogens with one attached hydrogen (secondary N) is 1. The van der Waals surface area contributed by atoms with Gasteiger partial charge in [-0.1, -0.05) is 11.6 Å². The van der Waals surface area contributed by atoms with Crippen LogP contribution >= 0.6 is 11.6 Å². The van der Waals surface area contributed by atoms with E-state index in [0.29, 0.717) is 11.5 Å².